The van der Waals surface area contributed by atoms with Gasteiger partial charge in [-0.1, -0.05) is 57.8 Å². The molecule has 1 aromatic heterocycles. The summed E-state index contributed by atoms with van der Waals surface area (Å²) >= 11 is 9.43. The summed E-state index contributed by atoms with van der Waals surface area (Å²) in [7, 11) is 2.65. The molecule has 22 heavy (non-hydrogen) atoms. The highest BCUT2D eigenvalue weighted by molar-refractivity contribution is 8.29. The van der Waals surface area contributed by atoms with Crippen LogP contribution in [-0.2, 0) is 0 Å². The predicted molar refractivity (Wildman–Crippen MR) is 100 cm³/mol. The molecular formula is C12H5N3OS6. The number of rotatable bonds is 1. The van der Waals surface area contributed by atoms with Gasteiger partial charge in [-0.15, -0.1) is 0 Å². The van der Waals surface area contributed by atoms with E-state index in [4.69, 9.17) is 22.7 Å². The standard InChI is InChI=1S/C12H5N3OS6/c1-2-15-7-9(16)21-22-12(7)20-10(17)8(15)11-18-5(3-13)6(4-14)19-11/h2H2,1H3. The van der Waals surface area contributed by atoms with Crippen molar-refractivity contribution in [1.29, 1.82) is 10.5 Å². The van der Waals surface area contributed by atoms with Crippen molar-refractivity contribution < 1.29 is 0 Å². The lowest BCUT2D eigenvalue weighted by molar-refractivity contribution is 0.981. The van der Waals surface area contributed by atoms with Gasteiger partial charge in [-0.2, -0.15) is 10.5 Å². The van der Waals surface area contributed by atoms with Crippen LogP contribution >= 0.6 is 68.2 Å². The lowest BCUT2D eigenvalue weighted by Gasteiger charge is -2.30. The second kappa shape index (κ2) is 6.40. The largest absolute Gasteiger partial charge is 0.333 e. The Balaban J connectivity index is 2.13. The summed E-state index contributed by atoms with van der Waals surface area (Å²) in [5, 5.41) is 18.3. The fraction of sp³-hybridized carbons (Fsp3) is 0.167. The first-order valence-corrected chi connectivity index (χ1v) is 10.9. The molecule has 0 radical (unpaired) electrons. The van der Waals surface area contributed by atoms with Crippen LogP contribution in [0.15, 0.2) is 28.7 Å². The van der Waals surface area contributed by atoms with Crippen LogP contribution in [0, 0.1) is 22.7 Å². The number of anilines is 1. The van der Waals surface area contributed by atoms with E-state index < -0.39 is 0 Å². The third kappa shape index (κ3) is 2.54. The summed E-state index contributed by atoms with van der Waals surface area (Å²) in [4.78, 5) is 14.8. The minimum Gasteiger partial charge on any atom is -0.333 e. The fourth-order valence-electron chi connectivity index (χ4n) is 1.93. The minimum atomic E-state index is 0.0249. The monoisotopic (exact) mass is 399 g/mol. The molecule has 0 spiro atoms. The van der Waals surface area contributed by atoms with Crippen LogP contribution < -0.4 is 9.64 Å². The summed E-state index contributed by atoms with van der Waals surface area (Å²) in [5.41, 5.74) is 1.44. The van der Waals surface area contributed by atoms with Gasteiger partial charge in [0.05, 0.1) is 9.93 Å². The lowest BCUT2D eigenvalue weighted by atomic mass is 10.4. The summed E-state index contributed by atoms with van der Waals surface area (Å²) in [6.07, 6.45) is 0. The van der Waals surface area contributed by atoms with Gasteiger partial charge in [0.1, 0.15) is 36.0 Å². The van der Waals surface area contributed by atoms with Gasteiger partial charge >= 0.3 is 0 Å². The van der Waals surface area contributed by atoms with Crippen molar-refractivity contribution in [2.45, 2.75) is 11.1 Å². The van der Waals surface area contributed by atoms with Gasteiger partial charge in [0.2, 0.25) is 0 Å². The van der Waals surface area contributed by atoms with Crippen LogP contribution in [-0.4, -0.2) is 10.7 Å². The Labute approximate surface area is 151 Å². The van der Waals surface area contributed by atoms with Crippen LogP contribution in [0.1, 0.15) is 6.92 Å². The van der Waals surface area contributed by atoms with E-state index in [9.17, 15) is 4.79 Å². The molecule has 0 amide bonds. The molecule has 1 aromatic rings. The van der Waals surface area contributed by atoms with E-state index in [1.807, 2.05) is 24.0 Å². The molecule has 0 unspecified atom stereocenters. The van der Waals surface area contributed by atoms with Crippen molar-refractivity contribution in [2.24, 2.45) is 0 Å². The molecule has 0 aromatic carbocycles. The van der Waals surface area contributed by atoms with Gasteiger partial charge in [0.15, 0.2) is 0 Å². The highest BCUT2D eigenvalue weighted by atomic mass is 32.9. The van der Waals surface area contributed by atoms with Gasteiger partial charge in [0, 0.05) is 6.54 Å². The summed E-state index contributed by atoms with van der Waals surface area (Å²) < 4.78 is 2.42. The molecule has 4 nitrogen and oxygen atoms in total. The number of nitriles is 2. The van der Waals surface area contributed by atoms with E-state index in [0.717, 1.165) is 14.1 Å². The average molecular weight is 400 g/mol. The third-order valence-corrected chi connectivity index (χ3v) is 9.19. The normalized spacial score (nSPS) is 17.6. The Morgan fingerprint density at radius 2 is 1.77 bits per heavy atom. The Hall–Kier alpha value is -0.750. The lowest BCUT2D eigenvalue weighted by Crippen LogP contribution is -2.32. The number of allylic oxidation sites excluding steroid dienone is 2. The second-order valence-corrected chi connectivity index (χ2v) is 10.3. The molecule has 0 saturated heterocycles. The first-order valence-electron chi connectivity index (χ1n) is 5.88. The Morgan fingerprint density at radius 1 is 1.14 bits per heavy atom. The van der Waals surface area contributed by atoms with E-state index in [-0.39, 0.29) is 4.74 Å². The number of fused-ring (bicyclic) bond motifs is 1. The van der Waals surface area contributed by atoms with Crippen molar-refractivity contribution in [2.75, 3.05) is 11.4 Å². The summed E-state index contributed by atoms with van der Waals surface area (Å²) in [6, 6.07) is 4.09. The topological polar surface area (TPSA) is 67.9 Å². The Kier molecular flexibility index (Phi) is 4.69. The van der Waals surface area contributed by atoms with Crippen molar-refractivity contribution in [3.63, 3.8) is 0 Å². The number of hydrogen-bond acceptors (Lipinski definition) is 10. The van der Waals surface area contributed by atoms with Crippen LogP contribution in [0.4, 0.5) is 5.69 Å². The number of thiocarbonyl (C=S) groups is 1. The van der Waals surface area contributed by atoms with Crippen molar-refractivity contribution in [3.8, 4) is 12.1 Å². The minimum absolute atomic E-state index is 0.0249. The number of hydrogen-bond donors (Lipinski definition) is 0. The zero-order valence-corrected chi connectivity index (χ0v) is 15.8. The van der Waals surface area contributed by atoms with Gasteiger partial charge in [-0.25, -0.2) is 0 Å². The van der Waals surface area contributed by atoms with Gasteiger partial charge in [-0.05, 0) is 17.3 Å². The van der Waals surface area contributed by atoms with E-state index >= 15 is 0 Å². The molecule has 2 aliphatic heterocycles. The predicted octanol–water partition coefficient (Wildman–Crippen LogP) is 4.34. The van der Waals surface area contributed by atoms with E-state index in [0.29, 0.717) is 26.2 Å². The first-order chi connectivity index (χ1) is 10.6. The third-order valence-electron chi connectivity index (χ3n) is 2.81. The maximum atomic E-state index is 12.1. The molecule has 10 heteroatoms. The summed E-state index contributed by atoms with van der Waals surface area (Å²) in [5.74, 6) is 0. The molecule has 3 rings (SSSR count). The smallest absolute Gasteiger partial charge is 0.267 e. The maximum absolute atomic E-state index is 12.1. The zero-order chi connectivity index (χ0) is 15.9. The van der Waals surface area contributed by atoms with E-state index in [1.54, 1.807) is 0 Å². The van der Waals surface area contributed by atoms with E-state index in [1.165, 1.54) is 56.0 Å². The highest BCUT2D eigenvalue weighted by Gasteiger charge is 2.35. The van der Waals surface area contributed by atoms with Crippen LogP contribution in [0.5, 0.6) is 0 Å². The zero-order valence-electron chi connectivity index (χ0n) is 10.9. The Bertz CT molecular complexity index is 850. The average Bonchev–Trinajstić information content (AvgIpc) is 3.09. The van der Waals surface area contributed by atoms with Crippen LogP contribution in [0.3, 0.4) is 0 Å². The van der Waals surface area contributed by atoms with Crippen LogP contribution in [0.25, 0.3) is 0 Å². The molecule has 0 fully saturated rings. The molecule has 2 aliphatic rings. The van der Waals surface area contributed by atoms with Crippen LogP contribution in [0.2, 0.25) is 0 Å². The SMILES string of the molecule is CCN1C(=C2SC(C#N)=C(C#N)S2)C(=S)Sc2ssc(=O)c21. The number of nitrogens with zero attached hydrogens (tertiary/aromatic N) is 3. The van der Waals surface area contributed by atoms with Crippen molar-refractivity contribution in [1.82, 2.24) is 0 Å². The molecule has 0 bridgehead atoms. The molecule has 3 heterocycles. The van der Waals surface area contributed by atoms with Crippen molar-refractivity contribution >= 4 is 78.1 Å². The van der Waals surface area contributed by atoms with Gasteiger partial charge in [-0.3, -0.25) is 4.79 Å². The summed E-state index contributed by atoms with van der Waals surface area (Å²) in [6.45, 7) is 2.56. The first kappa shape index (κ1) is 16.1. The molecule has 0 atom stereocenters. The fourth-order valence-corrected chi connectivity index (χ4v) is 8.64. The molecular weight excluding hydrogens is 395 g/mol. The van der Waals surface area contributed by atoms with Gasteiger partial charge < -0.3 is 4.90 Å². The molecule has 0 saturated carbocycles. The van der Waals surface area contributed by atoms with Crippen molar-refractivity contribution in [3.05, 3.63) is 29.3 Å². The Morgan fingerprint density at radius 3 is 2.32 bits per heavy atom. The molecule has 0 aliphatic carbocycles. The maximum Gasteiger partial charge on any atom is 0.267 e. The quantitative estimate of drug-likeness (QED) is 0.392. The van der Waals surface area contributed by atoms with E-state index in [2.05, 4.69) is 0 Å². The van der Waals surface area contributed by atoms with Gasteiger partial charge in [0.25, 0.3) is 4.74 Å². The number of thioether (sulfide) groups is 3. The molecule has 110 valence electrons. The highest BCUT2D eigenvalue weighted by Crippen LogP contribution is 2.54. The molecule has 0 N–H and O–H groups in total. The second-order valence-electron chi connectivity index (χ2n) is 3.95.